The molecular weight excluding hydrogens is 286 g/mol. The van der Waals surface area contributed by atoms with Crippen LogP contribution in [0.3, 0.4) is 0 Å². The number of hydrogen-bond donors (Lipinski definition) is 2. The molecule has 114 valence electrons. The number of nitrogens with one attached hydrogen (secondary N) is 1. The van der Waals surface area contributed by atoms with Crippen LogP contribution < -0.4 is 5.32 Å². The number of carboxylic acid groups (broad SMARTS) is 1. The number of carboxylic acids is 1. The van der Waals surface area contributed by atoms with Crippen molar-refractivity contribution in [2.24, 2.45) is 0 Å². The van der Waals surface area contributed by atoms with Crippen LogP contribution in [0.2, 0.25) is 0 Å². The fourth-order valence-corrected chi connectivity index (χ4v) is 2.52. The molecule has 3 aromatic rings. The molecule has 0 saturated heterocycles. The van der Waals surface area contributed by atoms with Crippen molar-refractivity contribution in [3.63, 3.8) is 0 Å². The molecule has 0 aliphatic heterocycles. The van der Waals surface area contributed by atoms with Gasteiger partial charge in [-0.05, 0) is 47.9 Å². The number of aromatic carboxylic acids is 1. The molecular formula is C20H17NO2. The van der Waals surface area contributed by atoms with E-state index in [1.807, 2.05) is 73.7 Å². The summed E-state index contributed by atoms with van der Waals surface area (Å²) in [4.78, 5) is 11.5. The highest BCUT2D eigenvalue weighted by Crippen LogP contribution is 2.28. The molecule has 0 spiro atoms. The van der Waals surface area contributed by atoms with Crippen LogP contribution in [0, 0.1) is 6.92 Å². The van der Waals surface area contributed by atoms with Crippen LogP contribution in [-0.2, 0) is 0 Å². The van der Waals surface area contributed by atoms with Gasteiger partial charge in [-0.1, -0.05) is 48.5 Å². The molecule has 3 nitrogen and oxygen atoms in total. The van der Waals surface area contributed by atoms with Crippen molar-refractivity contribution < 1.29 is 9.90 Å². The number of carbonyl (C=O) groups is 1. The molecule has 0 radical (unpaired) electrons. The Morgan fingerprint density at radius 1 is 0.870 bits per heavy atom. The molecule has 2 N–H and O–H groups in total. The van der Waals surface area contributed by atoms with Crippen LogP contribution in [0.15, 0.2) is 72.8 Å². The Hall–Kier alpha value is -3.07. The van der Waals surface area contributed by atoms with E-state index < -0.39 is 5.97 Å². The molecule has 3 rings (SSSR count). The van der Waals surface area contributed by atoms with Gasteiger partial charge in [0.1, 0.15) is 0 Å². The van der Waals surface area contributed by atoms with Gasteiger partial charge >= 0.3 is 5.97 Å². The molecule has 0 heterocycles. The maximum atomic E-state index is 11.5. The van der Waals surface area contributed by atoms with Crippen molar-refractivity contribution in [2.45, 2.75) is 6.92 Å². The van der Waals surface area contributed by atoms with Crippen molar-refractivity contribution in [1.29, 1.82) is 0 Å². The van der Waals surface area contributed by atoms with Gasteiger partial charge in [0.25, 0.3) is 0 Å². The van der Waals surface area contributed by atoms with Crippen molar-refractivity contribution in [3.8, 4) is 11.1 Å². The van der Waals surface area contributed by atoms with Crippen LogP contribution in [-0.4, -0.2) is 11.1 Å². The van der Waals surface area contributed by atoms with E-state index in [-0.39, 0.29) is 5.56 Å². The van der Waals surface area contributed by atoms with Crippen LogP contribution >= 0.6 is 0 Å². The average molecular weight is 303 g/mol. The van der Waals surface area contributed by atoms with Gasteiger partial charge in [-0.25, -0.2) is 4.79 Å². The lowest BCUT2D eigenvalue weighted by Crippen LogP contribution is -2.03. The minimum Gasteiger partial charge on any atom is -0.478 e. The first kappa shape index (κ1) is 14.9. The standard InChI is InChI=1S/C20H17NO2/c1-14-6-5-9-17(12-14)21-19-13-16(10-11-18(19)20(22)23)15-7-3-2-4-8-15/h2-13,21H,1H3,(H,22,23). The second-order valence-electron chi connectivity index (χ2n) is 5.43. The lowest BCUT2D eigenvalue weighted by Gasteiger charge is -2.12. The average Bonchev–Trinajstić information content (AvgIpc) is 2.55. The molecule has 3 heteroatoms. The van der Waals surface area contributed by atoms with Gasteiger partial charge in [0, 0.05) is 5.69 Å². The zero-order valence-electron chi connectivity index (χ0n) is 12.8. The van der Waals surface area contributed by atoms with E-state index in [2.05, 4.69) is 5.32 Å². The zero-order valence-corrected chi connectivity index (χ0v) is 12.8. The fraction of sp³-hybridized carbons (Fsp3) is 0.0500. The second kappa shape index (κ2) is 6.36. The van der Waals surface area contributed by atoms with Crippen molar-refractivity contribution in [1.82, 2.24) is 0 Å². The van der Waals surface area contributed by atoms with Crippen molar-refractivity contribution in [2.75, 3.05) is 5.32 Å². The van der Waals surface area contributed by atoms with Gasteiger partial charge < -0.3 is 10.4 Å². The van der Waals surface area contributed by atoms with E-state index in [0.29, 0.717) is 5.69 Å². The predicted octanol–water partition coefficient (Wildman–Crippen LogP) is 5.10. The number of aryl methyl sites for hydroxylation is 1. The third-order valence-corrected chi connectivity index (χ3v) is 3.65. The van der Waals surface area contributed by atoms with E-state index in [4.69, 9.17) is 0 Å². The molecule has 0 amide bonds. The minimum absolute atomic E-state index is 0.256. The topological polar surface area (TPSA) is 49.3 Å². The summed E-state index contributed by atoms with van der Waals surface area (Å²) in [6, 6.07) is 23.1. The molecule has 0 bridgehead atoms. The summed E-state index contributed by atoms with van der Waals surface area (Å²) in [6.07, 6.45) is 0. The SMILES string of the molecule is Cc1cccc(Nc2cc(-c3ccccc3)ccc2C(=O)O)c1. The Balaban J connectivity index is 2.04. The molecule has 23 heavy (non-hydrogen) atoms. The highest BCUT2D eigenvalue weighted by atomic mass is 16.4. The molecule has 0 aliphatic carbocycles. The summed E-state index contributed by atoms with van der Waals surface area (Å²) in [5.41, 5.74) is 4.86. The van der Waals surface area contributed by atoms with E-state index in [1.165, 1.54) is 0 Å². The quantitative estimate of drug-likeness (QED) is 0.704. The number of hydrogen-bond acceptors (Lipinski definition) is 2. The Kier molecular flexibility index (Phi) is 4.11. The van der Waals surface area contributed by atoms with E-state index >= 15 is 0 Å². The molecule has 0 atom stereocenters. The van der Waals surface area contributed by atoms with Crippen LogP contribution in [0.25, 0.3) is 11.1 Å². The predicted molar refractivity (Wildman–Crippen MR) is 93.3 cm³/mol. The number of anilines is 2. The summed E-state index contributed by atoms with van der Waals surface area (Å²) in [6.45, 7) is 2.00. The number of rotatable bonds is 4. The Labute approximate surface area is 135 Å². The largest absolute Gasteiger partial charge is 0.478 e. The summed E-state index contributed by atoms with van der Waals surface area (Å²) in [5, 5.41) is 12.6. The van der Waals surface area contributed by atoms with Crippen LogP contribution in [0.5, 0.6) is 0 Å². The maximum absolute atomic E-state index is 11.5. The van der Waals surface area contributed by atoms with Crippen molar-refractivity contribution >= 4 is 17.3 Å². The highest BCUT2D eigenvalue weighted by Gasteiger charge is 2.12. The number of benzene rings is 3. The van der Waals surface area contributed by atoms with Gasteiger partial charge in [0.15, 0.2) is 0 Å². The smallest absolute Gasteiger partial charge is 0.337 e. The minimum atomic E-state index is -0.945. The van der Waals surface area contributed by atoms with Crippen LogP contribution in [0.1, 0.15) is 15.9 Å². The van der Waals surface area contributed by atoms with Gasteiger partial charge in [-0.2, -0.15) is 0 Å². The van der Waals surface area contributed by atoms with Gasteiger partial charge in [0.05, 0.1) is 11.3 Å². The summed E-state index contributed by atoms with van der Waals surface area (Å²) in [5.74, 6) is -0.945. The van der Waals surface area contributed by atoms with Gasteiger partial charge in [-0.15, -0.1) is 0 Å². The third-order valence-electron chi connectivity index (χ3n) is 3.65. The Morgan fingerprint density at radius 3 is 2.35 bits per heavy atom. The second-order valence-corrected chi connectivity index (χ2v) is 5.43. The Morgan fingerprint density at radius 2 is 1.65 bits per heavy atom. The van der Waals surface area contributed by atoms with Gasteiger partial charge in [0.2, 0.25) is 0 Å². The van der Waals surface area contributed by atoms with E-state index in [1.54, 1.807) is 6.07 Å². The van der Waals surface area contributed by atoms with Crippen molar-refractivity contribution in [3.05, 3.63) is 83.9 Å². The lowest BCUT2D eigenvalue weighted by atomic mass is 10.0. The molecule has 0 aromatic heterocycles. The first-order valence-electron chi connectivity index (χ1n) is 7.40. The van der Waals surface area contributed by atoms with E-state index in [0.717, 1.165) is 22.4 Å². The first-order valence-corrected chi connectivity index (χ1v) is 7.40. The third kappa shape index (κ3) is 3.40. The fourth-order valence-electron chi connectivity index (χ4n) is 2.52. The monoisotopic (exact) mass is 303 g/mol. The normalized spacial score (nSPS) is 10.3. The maximum Gasteiger partial charge on any atom is 0.337 e. The summed E-state index contributed by atoms with van der Waals surface area (Å²) < 4.78 is 0. The molecule has 0 saturated carbocycles. The molecule has 0 fully saturated rings. The van der Waals surface area contributed by atoms with Crippen LogP contribution in [0.4, 0.5) is 11.4 Å². The lowest BCUT2D eigenvalue weighted by molar-refractivity contribution is 0.0698. The summed E-state index contributed by atoms with van der Waals surface area (Å²) >= 11 is 0. The molecule has 3 aromatic carbocycles. The van der Waals surface area contributed by atoms with Gasteiger partial charge in [-0.3, -0.25) is 0 Å². The van der Waals surface area contributed by atoms with E-state index in [9.17, 15) is 9.90 Å². The Bertz CT molecular complexity index is 841. The molecule has 0 unspecified atom stereocenters. The highest BCUT2D eigenvalue weighted by molar-refractivity contribution is 5.96. The molecule has 0 aliphatic rings. The zero-order chi connectivity index (χ0) is 16.2. The first-order chi connectivity index (χ1) is 11.1. The summed E-state index contributed by atoms with van der Waals surface area (Å²) in [7, 11) is 0.